The van der Waals surface area contributed by atoms with Gasteiger partial charge in [0, 0.05) is 13.0 Å². The predicted molar refractivity (Wildman–Crippen MR) is 108 cm³/mol. The number of aliphatic hydroxyl groups excluding tert-OH is 1. The Hall–Kier alpha value is -3.25. The largest absolute Gasteiger partial charge is 0.456 e. The van der Waals surface area contributed by atoms with Crippen LogP contribution in [0.4, 0.5) is 0 Å². The van der Waals surface area contributed by atoms with Crippen molar-refractivity contribution >= 4 is 11.9 Å². The number of carbonyl (C=O) groups excluding carboxylic acids is 2. The number of amides is 1. The first-order valence-corrected chi connectivity index (χ1v) is 10.6. The Morgan fingerprint density at radius 3 is 2.66 bits per heavy atom. The van der Waals surface area contributed by atoms with E-state index < -0.39 is 17.5 Å². The average Bonchev–Trinajstić information content (AvgIpc) is 3.52. The standard InChI is InChI=1S/C20H24N8O4/c1-13-15(11-32-18(13)30)27-10-16(29)20(19(27)31)5-8-26(9-6-20)7-4-14-2-3-17(23-22-14)28-12-21-24-25-28/h2-3,12,16,29H,4-11H2,1H3. The maximum atomic E-state index is 13.3. The molecule has 0 aromatic carbocycles. The molecule has 5 rings (SSSR count). The number of β-amino-alcohol motifs (C(OH)–C–C–N with tert-alkyl or cyclic N) is 1. The molecule has 168 valence electrons. The molecule has 5 heterocycles. The quantitative estimate of drug-likeness (QED) is 0.582. The number of piperidine rings is 1. The van der Waals surface area contributed by atoms with E-state index in [0.717, 1.165) is 18.7 Å². The fraction of sp³-hybridized carbons (Fsp3) is 0.550. The molecule has 1 atom stereocenters. The Morgan fingerprint density at radius 2 is 2.03 bits per heavy atom. The number of carbonyl (C=O) groups is 2. The van der Waals surface area contributed by atoms with Crippen LogP contribution >= 0.6 is 0 Å². The monoisotopic (exact) mass is 440 g/mol. The second-order valence-corrected chi connectivity index (χ2v) is 8.46. The van der Waals surface area contributed by atoms with Crippen LogP contribution in [0.2, 0.25) is 0 Å². The summed E-state index contributed by atoms with van der Waals surface area (Å²) in [4.78, 5) is 28.8. The molecule has 32 heavy (non-hydrogen) atoms. The minimum atomic E-state index is -0.789. The molecule has 0 bridgehead atoms. The van der Waals surface area contributed by atoms with Crippen molar-refractivity contribution in [1.29, 1.82) is 0 Å². The molecule has 1 spiro atoms. The lowest BCUT2D eigenvalue weighted by Gasteiger charge is -2.39. The Labute approximate surface area is 183 Å². The van der Waals surface area contributed by atoms with Crippen LogP contribution in [-0.4, -0.2) is 96.1 Å². The fourth-order valence-corrected chi connectivity index (χ4v) is 4.69. The van der Waals surface area contributed by atoms with E-state index in [1.54, 1.807) is 11.8 Å². The molecule has 2 saturated heterocycles. The number of esters is 1. The summed E-state index contributed by atoms with van der Waals surface area (Å²) in [6, 6.07) is 3.72. The van der Waals surface area contributed by atoms with Gasteiger partial charge in [0.05, 0.1) is 35.0 Å². The molecular formula is C20H24N8O4. The van der Waals surface area contributed by atoms with E-state index in [-0.39, 0.29) is 19.1 Å². The third kappa shape index (κ3) is 3.45. The lowest BCUT2D eigenvalue weighted by atomic mass is 9.75. The van der Waals surface area contributed by atoms with Gasteiger partial charge >= 0.3 is 5.97 Å². The highest BCUT2D eigenvalue weighted by Crippen LogP contribution is 2.43. The molecule has 1 unspecified atom stereocenters. The molecule has 2 aromatic heterocycles. The van der Waals surface area contributed by atoms with Crippen LogP contribution in [0, 0.1) is 5.41 Å². The van der Waals surface area contributed by atoms with Gasteiger partial charge in [-0.05, 0) is 55.4 Å². The van der Waals surface area contributed by atoms with Crippen LogP contribution in [-0.2, 0) is 20.7 Å². The van der Waals surface area contributed by atoms with E-state index in [4.69, 9.17) is 4.74 Å². The number of nitrogens with zero attached hydrogens (tertiary/aromatic N) is 8. The summed E-state index contributed by atoms with van der Waals surface area (Å²) in [5.74, 6) is 0.0603. The number of likely N-dealkylation sites (tertiary alicyclic amines) is 2. The first kappa shape index (κ1) is 20.6. The number of hydrogen-bond donors (Lipinski definition) is 1. The second kappa shape index (κ2) is 8.02. The lowest BCUT2D eigenvalue weighted by Crippen LogP contribution is -2.49. The Bertz CT molecular complexity index is 1040. The van der Waals surface area contributed by atoms with Crippen LogP contribution in [0.5, 0.6) is 0 Å². The number of aromatic nitrogens is 6. The molecular weight excluding hydrogens is 416 g/mol. The van der Waals surface area contributed by atoms with E-state index in [1.807, 2.05) is 12.1 Å². The third-order valence-electron chi connectivity index (χ3n) is 6.79. The first-order valence-electron chi connectivity index (χ1n) is 10.6. The van der Waals surface area contributed by atoms with Crippen LogP contribution in [0.1, 0.15) is 25.5 Å². The summed E-state index contributed by atoms with van der Waals surface area (Å²) in [6.07, 6.45) is 2.59. The van der Waals surface area contributed by atoms with Crippen molar-refractivity contribution in [2.24, 2.45) is 5.41 Å². The number of ether oxygens (including phenoxy) is 1. The second-order valence-electron chi connectivity index (χ2n) is 8.46. The zero-order valence-corrected chi connectivity index (χ0v) is 17.7. The van der Waals surface area contributed by atoms with Crippen molar-refractivity contribution in [3.8, 4) is 5.82 Å². The zero-order valence-electron chi connectivity index (χ0n) is 17.7. The molecule has 1 N–H and O–H groups in total. The summed E-state index contributed by atoms with van der Waals surface area (Å²) >= 11 is 0. The molecule has 0 aliphatic carbocycles. The van der Waals surface area contributed by atoms with Crippen molar-refractivity contribution in [2.45, 2.75) is 32.3 Å². The van der Waals surface area contributed by atoms with Gasteiger partial charge in [0.2, 0.25) is 5.91 Å². The van der Waals surface area contributed by atoms with Crippen LogP contribution in [0.25, 0.3) is 5.82 Å². The average molecular weight is 440 g/mol. The molecule has 2 fully saturated rings. The summed E-state index contributed by atoms with van der Waals surface area (Å²) in [7, 11) is 0. The number of rotatable bonds is 5. The van der Waals surface area contributed by atoms with Gasteiger partial charge in [-0.15, -0.1) is 10.2 Å². The topological polar surface area (TPSA) is 139 Å². The number of cyclic esters (lactones) is 1. The van der Waals surface area contributed by atoms with Crippen LogP contribution in [0.15, 0.2) is 29.7 Å². The molecule has 12 nitrogen and oxygen atoms in total. The molecule has 0 saturated carbocycles. The van der Waals surface area contributed by atoms with Crippen molar-refractivity contribution in [3.05, 3.63) is 35.4 Å². The smallest absolute Gasteiger partial charge is 0.336 e. The summed E-state index contributed by atoms with van der Waals surface area (Å²) in [5, 5.41) is 30.1. The van der Waals surface area contributed by atoms with Gasteiger partial charge in [-0.2, -0.15) is 9.78 Å². The lowest BCUT2D eigenvalue weighted by molar-refractivity contribution is -0.140. The maximum absolute atomic E-state index is 13.3. The van der Waals surface area contributed by atoms with Crippen molar-refractivity contribution < 1.29 is 19.4 Å². The van der Waals surface area contributed by atoms with Gasteiger partial charge in [-0.25, -0.2) is 4.79 Å². The van der Waals surface area contributed by atoms with Gasteiger partial charge in [-0.3, -0.25) is 4.79 Å². The normalized spacial score (nSPS) is 23.4. The Kier molecular flexibility index (Phi) is 5.18. The highest BCUT2D eigenvalue weighted by molar-refractivity contribution is 5.94. The minimum absolute atomic E-state index is 0.0958. The molecule has 1 amide bonds. The molecule has 3 aliphatic heterocycles. The first-order chi connectivity index (χ1) is 15.5. The van der Waals surface area contributed by atoms with Gasteiger partial charge < -0.3 is 19.6 Å². The van der Waals surface area contributed by atoms with Crippen LogP contribution < -0.4 is 0 Å². The number of aliphatic hydroxyl groups is 1. The van der Waals surface area contributed by atoms with Gasteiger partial charge in [-0.1, -0.05) is 0 Å². The minimum Gasteiger partial charge on any atom is -0.456 e. The van der Waals surface area contributed by atoms with Crippen LogP contribution in [0.3, 0.4) is 0 Å². The maximum Gasteiger partial charge on any atom is 0.336 e. The van der Waals surface area contributed by atoms with E-state index in [1.165, 1.54) is 11.0 Å². The molecule has 2 aromatic rings. The van der Waals surface area contributed by atoms with Crippen molar-refractivity contribution in [3.63, 3.8) is 0 Å². The van der Waals surface area contributed by atoms with E-state index in [2.05, 4.69) is 30.6 Å². The summed E-state index contributed by atoms with van der Waals surface area (Å²) in [5.41, 5.74) is 1.11. The molecule has 0 radical (unpaired) electrons. The van der Waals surface area contributed by atoms with E-state index in [0.29, 0.717) is 43.0 Å². The van der Waals surface area contributed by atoms with Gasteiger partial charge in [0.25, 0.3) is 0 Å². The molecule has 12 heteroatoms. The summed E-state index contributed by atoms with van der Waals surface area (Å²) < 4.78 is 6.49. The zero-order chi connectivity index (χ0) is 22.3. The Morgan fingerprint density at radius 1 is 1.22 bits per heavy atom. The van der Waals surface area contributed by atoms with Crippen molar-refractivity contribution in [2.75, 3.05) is 32.8 Å². The molecule has 3 aliphatic rings. The predicted octanol–water partition coefficient (Wildman–Crippen LogP) is -0.889. The SMILES string of the molecule is CC1=C(N2CC(O)C3(CCN(CCc4ccc(-n5cnnn5)nn4)CC3)C2=O)COC1=O. The van der Waals surface area contributed by atoms with E-state index >= 15 is 0 Å². The van der Waals surface area contributed by atoms with Crippen molar-refractivity contribution in [1.82, 2.24) is 40.2 Å². The summed E-state index contributed by atoms with van der Waals surface area (Å²) in [6.45, 7) is 4.18. The van der Waals surface area contributed by atoms with Gasteiger partial charge in [0.15, 0.2) is 5.82 Å². The Balaban J connectivity index is 1.18. The highest BCUT2D eigenvalue weighted by Gasteiger charge is 2.55. The van der Waals surface area contributed by atoms with E-state index in [9.17, 15) is 14.7 Å². The number of hydrogen-bond acceptors (Lipinski definition) is 10. The number of tetrazole rings is 1. The third-order valence-corrected chi connectivity index (χ3v) is 6.79. The fourth-order valence-electron chi connectivity index (χ4n) is 4.69. The highest BCUT2D eigenvalue weighted by atomic mass is 16.5. The van der Waals surface area contributed by atoms with Gasteiger partial charge in [0.1, 0.15) is 12.9 Å².